The first kappa shape index (κ1) is 22.9. The van der Waals surface area contributed by atoms with Gasteiger partial charge >= 0.3 is 0 Å². The van der Waals surface area contributed by atoms with Gasteiger partial charge in [0.1, 0.15) is 12.3 Å². The molecule has 0 spiro atoms. The lowest BCUT2D eigenvalue weighted by Crippen LogP contribution is -2.35. The van der Waals surface area contributed by atoms with Crippen LogP contribution in [0.4, 0.5) is 5.69 Å². The minimum atomic E-state index is -0.219. The van der Waals surface area contributed by atoms with E-state index in [2.05, 4.69) is 21.7 Å². The number of imidazole rings is 1. The summed E-state index contributed by atoms with van der Waals surface area (Å²) in [5.41, 5.74) is 3.41. The van der Waals surface area contributed by atoms with Gasteiger partial charge in [0.15, 0.2) is 11.5 Å². The minimum absolute atomic E-state index is 0.00297. The number of hydrogen-bond donors (Lipinski definition) is 1. The van der Waals surface area contributed by atoms with Gasteiger partial charge in [-0.1, -0.05) is 6.07 Å². The molecule has 0 fully saturated rings. The second-order valence-corrected chi connectivity index (χ2v) is 9.34. The van der Waals surface area contributed by atoms with Crippen LogP contribution < -0.4 is 14.8 Å². The molecule has 1 aliphatic rings. The maximum absolute atomic E-state index is 12.6. The van der Waals surface area contributed by atoms with E-state index in [1.165, 1.54) is 10.4 Å². The smallest absolute Gasteiger partial charge is 0.224 e. The Balaban J connectivity index is 1.16. The number of anilines is 1. The summed E-state index contributed by atoms with van der Waals surface area (Å²) in [7, 11) is 1.57. The Bertz CT molecular complexity index is 1330. The van der Waals surface area contributed by atoms with Crippen molar-refractivity contribution in [2.45, 2.75) is 32.4 Å². The fraction of sp³-hybridized carbons (Fsp3) is 0.269. The van der Waals surface area contributed by atoms with Crippen molar-refractivity contribution in [1.29, 1.82) is 0 Å². The number of fused-ring (bicyclic) bond motifs is 2. The van der Waals surface area contributed by atoms with E-state index in [1.807, 2.05) is 39.9 Å². The number of methoxy groups -OCH3 is 1. The lowest BCUT2D eigenvalue weighted by molar-refractivity contribution is -0.133. The number of ether oxygens (including phenoxy) is 2. The fourth-order valence-electron chi connectivity index (χ4n) is 4.14. The van der Waals surface area contributed by atoms with Gasteiger partial charge in [-0.2, -0.15) is 0 Å². The van der Waals surface area contributed by atoms with Gasteiger partial charge in [0, 0.05) is 55.0 Å². The first-order chi connectivity index (χ1) is 17.1. The number of nitrogens with one attached hydrogen (secondary N) is 1. The summed E-state index contributed by atoms with van der Waals surface area (Å²) in [6.45, 7) is 1.59. The van der Waals surface area contributed by atoms with Crippen molar-refractivity contribution < 1.29 is 19.1 Å². The lowest BCUT2D eigenvalue weighted by atomic mass is 10.1. The normalized spacial score (nSPS) is 12.9. The van der Waals surface area contributed by atoms with Gasteiger partial charge in [0.05, 0.1) is 12.8 Å². The molecule has 9 heteroatoms. The van der Waals surface area contributed by atoms with E-state index in [-0.39, 0.29) is 31.3 Å². The first-order valence-corrected chi connectivity index (χ1v) is 12.3. The van der Waals surface area contributed by atoms with E-state index >= 15 is 0 Å². The SMILES string of the molecule is COc1ccc(NC(=O)CCC(=O)N2CCc3sccc3C2)cc1OCc1cn2ccccc2n1. The van der Waals surface area contributed by atoms with E-state index in [0.29, 0.717) is 30.3 Å². The summed E-state index contributed by atoms with van der Waals surface area (Å²) in [6.07, 6.45) is 5.02. The largest absolute Gasteiger partial charge is 0.493 e. The van der Waals surface area contributed by atoms with Gasteiger partial charge in [0.2, 0.25) is 11.8 Å². The third-order valence-electron chi connectivity index (χ3n) is 5.96. The van der Waals surface area contributed by atoms with E-state index in [9.17, 15) is 9.59 Å². The van der Waals surface area contributed by atoms with Gasteiger partial charge in [-0.25, -0.2) is 4.98 Å². The molecule has 0 aliphatic carbocycles. The third kappa shape index (κ3) is 5.30. The van der Waals surface area contributed by atoms with Gasteiger partial charge in [0.25, 0.3) is 0 Å². The highest BCUT2D eigenvalue weighted by Gasteiger charge is 2.22. The lowest BCUT2D eigenvalue weighted by Gasteiger charge is -2.27. The average Bonchev–Trinajstić information content (AvgIpc) is 3.52. The van der Waals surface area contributed by atoms with Crippen LogP contribution in [0, 0.1) is 0 Å². The number of carbonyl (C=O) groups excluding carboxylic acids is 2. The zero-order chi connectivity index (χ0) is 24.2. The van der Waals surface area contributed by atoms with Crippen LogP contribution >= 0.6 is 11.3 Å². The van der Waals surface area contributed by atoms with Crippen molar-refractivity contribution in [3.63, 3.8) is 0 Å². The summed E-state index contributed by atoms with van der Waals surface area (Å²) in [6, 6.07) is 13.1. The Hall–Kier alpha value is -3.85. The molecule has 0 saturated carbocycles. The summed E-state index contributed by atoms with van der Waals surface area (Å²) in [5.74, 6) is 0.837. The van der Waals surface area contributed by atoms with E-state index in [1.54, 1.807) is 36.6 Å². The van der Waals surface area contributed by atoms with Crippen molar-refractivity contribution in [1.82, 2.24) is 14.3 Å². The maximum atomic E-state index is 12.6. The second-order valence-electron chi connectivity index (χ2n) is 8.34. The fourth-order valence-corrected chi connectivity index (χ4v) is 5.03. The number of nitrogens with zero attached hydrogens (tertiary/aromatic N) is 3. The Morgan fingerprint density at radius 3 is 2.91 bits per heavy atom. The molecule has 0 saturated heterocycles. The molecule has 4 heterocycles. The molecule has 180 valence electrons. The monoisotopic (exact) mass is 490 g/mol. The Morgan fingerprint density at radius 2 is 2.06 bits per heavy atom. The molecule has 0 radical (unpaired) electrons. The molecular formula is C26H26N4O4S. The maximum Gasteiger partial charge on any atom is 0.224 e. The molecule has 1 aliphatic heterocycles. The number of rotatable bonds is 8. The zero-order valence-electron chi connectivity index (χ0n) is 19.4. The van der Waals surface area contributed by atoms with Gasteiger partial charge < -0.3 is 24.1 Å². The van der Waals surface area contributed by atoms with Crippen LogP contribution in [0.2, 0.25) is 0 Å². The first-order valence-electron chi connectivity index (χ1n) is 11.5. The highest BCUT2D eigenvalue weighted by Crippen LogP contribution is 2.31. The summed E-state index contributed by atoms with van der Waals surface area (Å²) in [4.78, 5) is 32.9. The third-order valence-corrected chi connectivity index (χ3v) is 6.99. The van der Waals surface area contributed by atoms with E-state index < -0.39 is 0 Å². The summed E-state index contributed by atoms with van der Waals surface area (Å²) < 4.78 is 13.3. The number of hydrogen-bond acceptors (Lipinski definition) is 6. The number of amides is 2. The van der Waals surface area contributed by atoms with Crippen molar-refractivity contribution >= 4 is 34.5 Å². The number of carbonyl (C=O) groups is 2. The van der Waals surface area contributed by atoms with Crippen LogP contribution in [0.1, 0.15) is 29.0 Å². The van der Waals surface area contributed by atoms with Gasteiger partial charge in [-0.15, -0.1) is 11.3 Å². The summed E-state index contributed by atoms with van der Waals surface area (Å²) >= 11 is 1.74. The van der Waals surface area contributed by atoms with Crippen LogP contribution in [-0.4, -0.2) is 39.8 Å². The Labute approximate surface area is 207 Å². The van der Waals surface area contributed by atoms with Crippen molar-refractivity contribution in [3.05, 3.63) is 76.4 Å². The molecule has 4 aromatic rings. The Kier molecular flexibility index (Phi) is 6.67. The predicted octanol–water partition coefficient (Wildman–Crippen LogP) is 4.29. The predicted molar refractivity (Wildman–Crippen MR) is 134 cm³/mol. The van der Waals surface area contributed by atoms with Crippen LogP contribution in [0.15, 0.2) is 60.2 Å². The number of benzene rings is 1. The molecular weight excluding hydrogens is 464 g/mol. The van der Waals surface area contributed by atoms with Crippen LogP contribution in [0.25, 0.3) is 5.65 Å². The molecule has 3 aromatic heterocycles. The number of thiophene rings is 1. The van der Waals surface area contributed by atoms with Gasteiger partial charge in [-0.05, 0) is 47.7 Å². The van der Waals surface area contributed by atoms with Crippen LogP contribution in [0.3, 0.4) is 0 Å². The molecule has 8 nitrogen and oxygen atoms in total. The average molecular weight is 491 g/mol. The van der Waals surface area contributed by atoms with Crippen molar-refractivity contribution in [2.24, 2.45) is 0 Å². The standard InChI is InChI=1S/C26H26N4O4S/c1-33-21-6-5-19(14-22(21)34-17-20-16-29-11-3-2-4-24(29)27-20)28-25(31)7-8-26(32)30-12-9-23-18(15-30)10-13-35-23/h2-6,10-11,13-14,16H,7-9,12,15,17H2,1H3,(H,28,31). The Morgan fingerprint density at radius 1 is 1.14 bits per heavy atom. The van der Waals surface area contributed by atoms with Crippen LogP contribution in [0.5, 0.6) is 11.5 Å². The molecule has 35 heavy (non-hydrogen) atoms. The highest BCUT2D eigenvalue weighted by molar-refractivity contribution is 7.10. The summed E-state index contributed by atoms with van der Waals surface area (Å²) in [5, 5.41) is 4.93. The second kappa shape index (κ2) is 10.2. The van der Waals surface area contributed by atoms with E-state index in [4.69, 9.17) is 9.47 Å². The topological polar surface area (TPSA) is 85.2 Å². The minimum Gasteiger partial charge on any atom is -0.493 e. The molecule has 1 aromatic carbocycles. The molecule has 0 unspecified atom stereocenters. The number of pyridine rings is 1. The number of aromatic nitrogens is 2. The van der Waals surface area contributed by atoms with Gasteiger partial charge in [-0.3, -0.25) is 9.59 Å². The van der Waals surface area contributed by atoms with E-state index in [0.717, 1.165) is 17.8 Å². The van der Waals surface area contributed by atoms with Crippen molar-refractivity contribution in [2.75, 3.05) is 19.0 Å². The highest BCUT2D eigenvalue weighted by atomic mass is 32.1. The van der Waals surface area contributed by atoms with Crippen molar-refractivity contribution in [3.8, 4) is 11.5 Å². The molecule has 5 rings (SSSR count). The molecule has 0 atom stereocenters. The molecule has 2 amide bonds. The molecule has 0 bridgehead atoms. The quantitative estimate of drug-likeness (QED) is 0.398. The molecule has 1 N–H and O–H groups in total. The zero-order valence-corrected chi connectivity index (χ0v) is 20.2. The van der Waals surface area contributed by atoms with Crippen LogP contribution in [-0.2, 0) is 29.2 Å².